The van der Waals surface area contributed by atoms with Crippen molar-refractivity contribution in [3.63, 3.8) is 0 Å². The Morgan fingerprint density at radius 1 is 1.39 bits per heavy atom. The molecule has 1 aliphatic heterocycles. The maximum atomic E-state index is 5.88. The summed E-state index contributed by atoms with van der Waals surface area (Å²) in [6, 6.07) is 3.83. The molecule has 1 unspecified atom stereocenters. The molecule has 5 heteroatoms. The lowest BCUT2D eigenvalue weighted by molar-refractivity contribution is 0.160. The smallest absolute Gasteiger partial charge is 0.213 e. The first-order valence-corrected chi connectivity index (χ1v) is 6.17. The van der Waals surface area contributed by atoms with Crippen molar-refractivity contribution in [2.24, 2.45) is 5.73 Å². The average Bonchev–Trinajstić information content (AvgIpc) is 2.87. The number of aromatic nitrogens is 3. The summed E-state index contributed by atoms with van der Waals surface area (Å²) in [6.07, 6.45) is 7.61. The van der Waals surface area contributed by atoms with Crippen LogP contribution in [-0.4, -0.2) is 20.6 Å². The van der Waals surface area contributed by atoms with Crippen LogP contribution in [-0.2, 0) is 19.5 Å². The third-order valence-electron chi connectivity index (χ3n) is 3.22. The fourth-order valence-electron chi connectivity index (χ4n) is 2.20. The molecule has 2 aromatic heterocycles. The molecule has 0 aromatic carbocycles. The Morgan fingerprint density at radius 3 is 3.11 bits per heavy atom. The molecule has 5 nitrogen and oxygen atoms in total. The van der Waals surface area contributed by atoms with Gasteiger partial charge in [-0.2, -0.15) is 0 Å². The fraction of sp³-hybridized carbons (Fsp3) is 0.385. The summed E-state index contributed by atoms with van der Waals surface area (Å²) in [5.41, 5.74) is 6.55. The highest BCUT2D eigenvalue weighted by atomic mass is 16.5. The lowest BCUT2D eigenvalue weighted by Crippen LogP contribution is -2.28. The van der Waals surface area contributed by atoms with Crippen LogP contribution in [0.5, 0.6) is 5.88 Å². The van der Waals surface area contributed by atoms with Gasteiger partial charge >= 0.3 is 0 Å². The van der Waals surface area contributed by atoms with Crippen molar-refractivity contribution in [2.75, 3.05) is 0 Å². The summed E-state index contributed by atoms with van der Waals surface area (Å²) in [6.45, 7) is 1.47. The van der Waals surface area contributed by atoms with E-state index in [-0.39, 0.29) is 6.10 Å². The fourth-order valence-corrected chi connectivity index (χ4v) is 2.20. The van der Waals surface area contributed by atoms with Gasteiger partial charge in [-0.1, -0.05) is 6.07 Å². The standard InChI is InChI=1S/C13H16N4O/c14-8-10-1-2-13(16-9-10)18-11-3-5-17-6-4-15-12(17)7-11/h1-2,4,6,9,11H,3,5,7-8,14H2. The first-order chi connectivity index (χ1) is 8.85. The van der Waals surface area contributed by atoms with Crippen molar-refractivity contribution in [1.29, 1.82) is 0 Å². The number of fused-ring (bicyclic) bond motifs is 1. The van der Waals surface area contributed by atoms with E-state index in [0.717, 1.165) is 30.8 Å². The van der Waals surface area contributed by atoms with Crippen LogP contribution in [0.15, 0.2) is 30.7 Å². The number of imidazole rings is 1. The largest absolute Gasteiger partial charge is 0.474 e. The van der Waals surface area contributed by atoms with Crippen LogP contribution in [0.2, 0.25) is 0 Å². The summed E-state index contributed by atoms with van der Waals surface area (Å²) in [7, 11) is 0. The second-order valence-electron chi connectivity index (χ2n) is 4.48. The summed E-state index contributed by atoms with van der Waals surface area (Å²) in [4.78, 5) is 8.58. The molecule has 1 atom stereocenters. The molecule has 3 heterocycles. The van der Waals surface area contributed by atoms with Crippen molar-refractivity contribution in [2.45, 2.75) is 32.0 Å². The molecule has 94 valence electrons. The lowest BCUT2D eigenvalue weighted by Gasteiger charge is -2.23. The first kappa shape index (κ1) is 11.2. The zero-order valence-corrected chi connectivity index (χ0v) is 10.1. The van der Waals surface area contributed by atoms with Gasteiger partial charge in [-0.25, -0.2) is 9.97 Å². The quantitative estimate of drug-likeness (QED) is 0.879. The van der Waals surface area contributed by atoms with Crippen LogP contribution < -0.4 is 10.5 Å². The topological polar surface area (TPSA) is 66.0 Å². The van der Waals surface area contributed by atoms with Gasteiger partial charge in [-0.05, 0) is 5.56 Å². The van der Waals surface area contributed by atoms with Crippen LogP contribution in [0.4, 0.5) is 0 Å². The van der Waals surface area contributed by atoms with E-state index in [0.29, 0.717) is 12.4 Å². The van der Waals surface area contributed by atoms with Gasteiger partial charge in [0.05, 0.1) is 0 Å². The summed E-state index contributed by atoms with van der Waals surface area (Å²) >= 11 is 0. The van der Waals surface area contributed by atoms with Gasteiger partial charge in [0.15, 0.2) is 0 Å². The van der Waals surface area contributed by atoms with Crippen molar-refractivity contribution in [3.05, 3.63) is 42.1 Å². The summed E-state index contributed by atoms with van der Waals surface area (Å²) in [5.74, 6) is 1.75. The van der Waals surface area contributed by atoms with E-state index in [1.54, 1.807) is 6.20 Å². The summed E-state index contributed by atoms with van der Waals surface area (Å²) in [5, 5.41) is 0. The van der Waals surface area contributed by atoms with Crippen molar-refractivity contribution < 1.29 is 4.74 Å². The van der Waals surface area contributed by atoms with E-state index in [1.807, 2.05) is 24.5 Å². The third kappa shape index (κ3) is 2.22. The van der Waals surface area contributed by atoms with E-state index in [9.17, 15) is 0 Å². The normalized spacial score (nSPS) is 18.4. The highest BCUT2D eigenvalue weighted by molar-refractivity contribution is 5.18. The Bertz CT molecular complexity index is 520. The van der Waals surface area contributed by atoms with Gasteiger partial charge in [-0.3, -0.25) is 0 Å². The Balaban J connectivity index is 1.67. The SMILES string of the molecule is NCc1ccc(OC2CCn3ccnc3C2)nc1. The number of rotatable bonds is 3. The third-order valence-corrected chi connectivity index (χ3v) is 3.22. The van der Waals surface area contributed by atoms with Crippen LogP contribution in [0.25, 0.3) is 0 Å². The minimum absolute atomic E-state index is 0.163. The molecule has 0 amide bonds. The van der Waals surface area contributed by atoms with Gasteiger partial charge in [0.2, 0.25) is 5.88 Å². The average molecular weight is 244 g/mol. The molecule has 3 rings (SSSR count). The van der Waals surface area contributed by atoms with Crippen LogP contribution in [0.3, 0.4) is 0 Å². The Labute approximate surface area is 106 Å². The van der Waals surface area contributed by atoms with Gasteiger partial charge in [0.1, 0.15) is 11.9 Å². The molecule has 0 fully saturated rings. The number of aryl methyl sites for hydroxylation is 1. The minimum atomic E-state index is 0.163. The Morgan fingerprint density at radius 2 is 2.33 bits per heavy atom. The lowest BCUT2D eigenvalue weighted by atomic mass is 10.1. The first-order valence-electron chi connectivity index (χ1n) is 6.17. The predicted octanol–water partition coefficient (Wildman–Crippen LogP) is 1.13. The molecular formula is C13H16N4O. The van der Waals surface area contributed by atoms with E-state index in [4.69, 9.17) is 10.5 Å². The second-order valence-corrected chi connectivity index (χ2v) is 4.48. The molecule has 18 heavy (non-hydrogen) atoms. The van der Waals surface area contributed by atoms with Crippen LogP contribution >= 0.6 is 0 Å². The molecule has 0 aliphatic carbocycles. The number of hydrogen-bond acceptors (Lipinski definition) is 4. The van der Waals surface area contributed by atoms with Crippen molar-refractivity contribution >= 4 is 0 Å². The zero-order chi connectivity index (χ0) is 12.4. The molecule has 0 bridgehead atoms. The molecule has 2 aromatic rings. The Kier molecular flexibility index (Phi) is 2.98. The number of ether oxygens (including phenoxy) is 1. The second kappa shape index (κ2) is 4.78. The van der Waals surface area contributed by atoms with E-state index < -0.39 is 0 Å². The molecule has 0 saturated heterocycles. The zero-order valence-electron chi connectivity index (χ0n) is 10.1. The molecular weight excluding hydrogens is 228 g/mol. The van der Waals surface area contributed by atoms with Gasteiger partial charge in [0, 0.05) is 50.6 Å². The highest BCUT2D eigenvalue weighted by Gasteiger charge is 2.20. The number of nitrogens with zero attached hydrogens (tertiary/aromatic N) is 3. The van der Waals surface area contributed by atoms with Crippen molar-refractivity contribution in [1.82, 2.24) is 14.5 Å². The van der Waals surface area contributed by atoms with Crippen molar-refractivity contribution in [3.8, 4) is 5.88 Å². The maximum Gasteiger partial charge on any atom is 0.213 e. The molecule has 0 spiro atoms. The van der Waals surface area contributed by atoms with Gasteiger partial charge in [0.25, 0.3) is 0 Å². The van der Waals surface area contributed by atoms with Crippen LogP contribution in [0.1, 0.15) is 17.8 Å². The van der Waals surface area contributed by atoms with E-state index >= 15 is 0 Å². The van der Waals surface area contributed by atoms with Gasteiger partial charge < -0.3 is 15.0 Å². The number of nitrogens with two attached hydrogens (primary N) is 1. The molecule has 2 N–H and O–H groups in total. The predicted molar refractivity (Wildman–Crippen MR) is 67.1 cm³/mol. The Hall–Kier alpha value is -1.88. The monoisotopic (exact) mass is 244 g/mol. The molecule has 0 saturated carbocycles. The maximum absolute atomic E-state index is 5.88. The number of pyridine rings is 1. The minimum Gasteiger partial charge on any atom is -0.474 e. The summed E-state index contributed by atoms with van der Waals surface area (Å²) < 4.78 is 8.05. The highest BCUT2D eigenvalue weighted by Crippen LogP contribution is 2.18. The van der Waals surface area contributed by atoms with E-state index in [2.05, 4.69) is 14.5 Å². The molecule has 1 aliphatic rings. The number of hydrogen-bond donors (Lipinski definition) is 1. The van der Waals surface area contributed by atoms with Crippen LogP contribution in [0, 0.1) is 0 Å². The molecule has 0 radical (unpaired) electrons. The van der Waals surface area contributed by atoms with Gasteiger partial charge in [-0.15, -0.1) is 0 Å². The van der Waals surface area contributed by atoms with E-state index in [1.165, 1.54) is 0 Å².